The van der Waals surface area contributed by atoms with Crippen molar-refractivity contribution in [3.63, 3.8) is 0 Å². The summed E-state index contributed by atoms with van der Waals surface area (Å²) < 4.78 is 0. The minimum absolute atomic E-state index is 0. The van der Waals surface area contributed by atoms with Crippen molar-refractivity contribution in [1.29, 1.82) is 0 Å². The Hall–Kier alpha value is -0.580. The second kappa shape index (κ2) is 4.33. The monoisotopic (exact) mass is 161 g/mol. The van der Waals surface area contributed by atoms with E-state index in [0.29, 0.717) is 5.69 Å². The van der Waals surface area contributed by atoms with Crippen LogP contribution in [-0.2, 0) is 0 Å². The first-order valence-electron chi connectivity index (χ1n) is 2.70. The molecule has 1 rings (SSSR count). The van der Waals surface area contributed by atoms with E-state index in [-0.39, 0.29) is 35.2 Å². The van der Waals surface area contributed by atoms with Crippen molar-refractivity contribution in [2.24, 2.45) is 0 Å². The summed E-state index contributed by atoms with van der Waals surface area (Å²) in [5.41, 5.74) is 5.90. The molecule has 4 nitrogen and oxygen atoms in total. The number of benzene rings is 1. The van der Waals surface area contributed by atoms with Crippen molar-refractivity contribution in [3.05, 3.63) is 34.4 Å². The molecule has 2 N–H and O–H groups in total. The van der Waals surface area contributed by atoms with E-state index in [1.165, 1.54) is 24.3 Å². The molecule has 0 unspecified atom stereocenters. The third-order valence-electron chi connectivity index (χ3n) is 1.10. The van der Waals surface area contributed by atoms with Crippen molar-refractivity contribution in [2.75, 3.05) is 5.73 Å². The van der Waals surface area contributed by atoms with Gasteiger partial charge in [0.25, 0.3) is 5.69 Å². The largest absolute Gasteiger partial charge is 0.399 e. The molecule has 0 atom stereocenters. The van der Waals surface area contributed by atoms with Gasteiger partial charge >= 0.3 is 0 Å². The Labute approximate surface area is 85.8 Å². The van der Waals surface area contributed by atoms with Gasteiger partial charge in [-0.2, -0.15) is 0 Å². The number of hydrogen-bond donors (Lipinski definition) is 1. The Bertz CT molecular complexity index is 247. The first kappa shape index (κ1) is 10.4. The minimum Gasteiger partial charge on any atom is -0.399 e. The number of anilines is 1. The van der Waals surface area contributed by atoms with Gasteiger partial charge in [0, 0.05) is 47.4 Å². The molecule has 1 aromatic rings. The van der Waals surface area contributed by atoms with E-state index in [0.717, 1.165) is 0 Å². The van der Waals surface area contributed by atoms with Gasteiger partial charge in [0.2, 0.25) is 0 Å². The summed E-state index contributed by atoms with van der Waals surface area (Å²) in [5.74, 6) is 0. The van der Waals surface area contributed by atoms with Gasteiger partial charge < -0.3 is 5.73 Å². The molecule has 1 radical (unpaired) electrons. The number of nitrogens with two attached hydrogens (primary N) is 1. The maximum Gasteiger partial charge on any atom is 0.269 e. The van der Waals surface area contributed by atoms with E-state index in [1.54, 1.807) is 0 Å². The van der Waals surface area contributed by atoms with Crippen molar-refractivity contribution in [2.45, 2.75) is 0 Å². The van der Waals surface area contributed by atoms with Crippen molar-refractivity contribution in [1.82, 2.24) is 0 Å². The van der Waals surface area contributed by atoms with E-state index in [4.69, 9.17) is 5.73 Å². The van der Waals surface area contributed by atoms with Gasteiger partial charge in [-0.3, -0.25) is 10.1 Å². The van der Waals surface area contributed by atoms with Crippen LogP contribution in [0.25, 0.3) is 0 Å². The van der Waals surface area contributed by atoms with Crippen LogP contribution in [0.5, 0.6) is 0 Å². The Balaban J connectivity index is 0.000001000. The quantitative estimate of drug-likeness (QED) is 0.286. The van der Waals surface area contributed by atoms with Gasteiger partial charge in [-0.25, -0.2) is 0 Å². The molecule has 0 amide bonds. The molecule has 11 heavy (non-hydrogen) atoms. The summed E-state index contributed by atoms with van der Waals surface area (Å²) in [6, 6.07) is 5.74. The summed E-state index contributed by atoms with van der Waals surface area (Å²) in [6.45, 7) is 0. The van der Waals surface area contributed by atoms with E-state index >= 15 is 0 Å². The molecule has 0 bridgehead atoms. The number of nitrogen functional groups attached to an aromatic ring is 1. The molecule has 0 saturated carbocycles. The SMILES string of the molecule is Nc1ccc([N+](=O)[O-])cc1.[Na]. The molecular weight excluding hydrogens is 155 g/mol. The zero-order valence-electron chi connectivity index (χ0n) is 6.15. The standard InChI is InChI=1S/C6H6N2O2.Na/c7-5-1-3-6(4-2-5)8(9)10;/h1-4H,7H2;. The Morgan fingerprint density at radius 2 is 1.73 bits per heavy atom. The summed E-state index contributed by atoms with van der Waals surface area (Å²) in [4.78, 5) is 9.62. The maximum atomic E-state index is 10.1. The normalized spacial score (nSPS) is 8.36. The van der Waals surface area contributed by atoms with Crippen LogP contribution in [0.4, 0.5) is 11.4 Å². The fourth-order valence-corrected chi connectivity index (χ4v) is 0.596. The zero-order valence-corrected chi connectivity index (χ0v) is 8.15. The van der Waals surface area contributed by atoms with Gasteiger partial charge in [-0.1, -0.05) is 0 Å². The second-order valence-corrected chi connectivity index (χ2v) is 1.85. The number of nitro benzene ring substituents is 1. The number of nitro groups is 1. The molecule has 0 aromatic heterocycles. The molecule has 53 valence electrons. The smallest absolute Gasteiger partial charge is 0.269 e. The van der Waals surface area contributed by atoms with E-state index in [2.05, 4.69) is 0 Å². The molecular formula is C6H6N2NaO2. The molecule has 1 aromatic carbocycles. The molecule has 0 spiro atoms. The first-order chi connectivity index (χ1) is 4.70. The second-order valence-electron chi connectivity index (χ2n) is 1.85. The van der Waals surface area contributed by atoms with Gasteiger partial charge in [0.05, 0.1) is 4.92 Å². The van der Waals surface area contributed by atoms with Crippen LogP contribution in [0, 0.1) is 10.1 Å². The first-order valence-corrected chi connectivity index (χ1v) is 2.70. The maximum absolute atomic E-state index is 10.1. The summed E-state index contributed by atoms with van der Waals surface area (Å²) in [7, 11) is 0. The van der Waals surface area contributed by atoms with Gasteiger partial charge in [-0.05, 0) is 12.1 Å². The van der Waals surface area contributed by atoms with Crippen LogP contribution in [0.15, 0.2) is 24.3 Å². The predicted octanol–water partition coefficient (Wildman–Crippen LogP) is 0.796. The Kier molecular flexibility index (Phi) is 4.10. The zero-order chi connectivity index (χ0) is 7.56. The summed E-state index contributed by atoms with van der Waals surface area (Å²) >= 11 is 0. The van der Waals surface area contributed by atoms with E-state index in [1.807, 2.05) is 0 Å². The molecule has 0 heterocycles. The van der Waals surface area contributed by atoms with E-state index < -0.39 is 4.92 Å². The van der Waals surface area contributed by atoms with Gasteiger partial charge in [0.15, 0.2) is 0 Å². The van der Waals surface area contributed by atoms with Crippen molar-refractivity contribution >= 4 is 40.9 Å². The molecule has 0 fully saturated rings. The third kappa shape index (κ3) is 2.88. The van der Waals surface area contributed by atoms with Gasteiger partial charge in [0.1, 0.15) is 0 Å². The molecule has 0 aliphatic carbocycles. The molecule has 0 saturated heterocycles. The van der Waals surface area contributed by atoms with E-state index in [9.17, 15) is 10.1 Å². The fraction of sp³-hybridized carbons (Fsp3) is 0. The van der Waals surface area contributed by atoms with Crippen LogP contribution in [0.2, 0.25) is 0 Å². The number of non-ortho nitro benzene ring substituents is 1. The topological polar surface area (TPSA) is 69.2 Å². The van der Waals surface area contributed by atoms with Crippen LogP contribution in [0.3, 0.4) is 0 Å². The molecule has 5 heteroatoms. The number of rotatable bonds is 1. The third-order valence-corrected chi connectivity index (χ3v) is 1.10. The molecule has 0 aliphatic rings. The van der Waals surface area contributed by atoms with Crippen LogP contribution in [0.1, 0.15) is 0 Å². The van der Waals surface area contributed by atoms with Crippen LogP contribution >= 0.6 is 0 Å². The Morgan fingerprint density at radius 1 is 1.27 bits per heavy atom. The van der Waals surface area contributed by atoms with Crippen LogP contribution in [-0.4, -0.2) is 34.5 Å². The summed E-state index contributed by atoms with van der Waals surface area (Å²) in [6.07, 6.45) is 0. The van der Waals surface area contributed by atoms with Crippen molar-refractivity contribution < 1.29 is 4.92 Å². The predicted molar refractivity (Wildman–Crippen MR) is 43.3 cm³/mol. The fourth-order valence-electron chi connectivity index (χ4n) is 0.596. The van der Waals surface area contributed by atoms with Crippen LogP contribution < -0.4 is 5.73 Å². The summed E-state index contributed by atoms with van der Waals surface area (Å²) in [5, 5.41) is 10.1. The minimum atomic E-state index is -0.459. The Morgan fingerprint density at radius 3 is 2.09 bits per heavy atom. The average Bonchev–Trinajstić information content (AvgIpc) is 1.88. The van der Waals surface area contributed by atoms with Gasteiger partial charge in [-0.15, -0.1) is 0 Å². The molecule has 0 aliphatic heterocycles. The number of nitrogens with zero attached hydrogens (tertiary/aromatic N) is 1. The van der Waals surface area contributed by atoms with Crippen molar-refractivity contribution in [3.8, 4) is 0 Å². The average molecular weight is 161 g/mol. The number of hydrogen-bond acceptors (Lipinski definition) is 3.